The maximum absolute atomic E-state index is 12.9. The van der Waals surface area contributed by atoms with E-state index in [0.717, 1.165) is 18.4 Å². The number of aromatic nitrogens is 1. The van der Waals surface area contributed by atoms with Crippen molar-refractivity contribution in [3.63, 3.8) is 0 Å². The second kappa shape index (κ2) is 7.74. The lowest BCUT2D eigenvalue weighted by Gasteiger charge is -2.31. The van der Waals surface area contributed by atoms with Crippen LogP contribution >= 0.6 is 0 Å². The van der Waals surface area contributed by atoms with Crippen LogP contribution in [0.5, 0.6) is 0 Å². The van der Waals surface area contributed by atoms with E-state index >= 15 is 0 Å². The standard InChI is InChI=1S/C18H19N3O3S/c19-12-15-4-1-2-6-17(15)25(22,23)21-18(14-7-10-24-11-8-14)16-5-3-9-20-13-16/h1-6,9,13-14,18,21H,7-8,10-11H2. The normalized spacial score (nSPS) is 16.9. The highest BCUT2D eigenvalue weighted by atomic mass is 32.2. The highest BCUT2D eigenvalue weighted by molar-refractivity contribution is 7.89. The molecule has 1 N–H and O–H groups in total. The molecule has 1 unspecified atom stereocenters. The Morgan fingerprint density at radius 2 is 1.96 bits per heavy atom. The zero-order chi connectivity index (χ0) is 17.7. The molecule has 2 aromatic rings. The molecule has 1 atom stereocenters. The summed E-state index contributed by atoms with van der Waals surface area (Å²) in [7, 11) is -3.84. The van der Waals surface area contributed by atoms with Gasteiger partial charge in [-0.05, 0) is 42.5 Å². The van der Waals surface area contributed by atoms with Crippen molar-refractivity contribution in [1.82, 2.24) is 9.71 Å². The molecule has 25 heavy (non-hydrogen) atoms. The van der Waals surface area contributed by atoms with Crippen molar-refractivity contribution in [2.45, 2.75) is 23.8 Å². The zero-order valence-corrected chi connectivity index (χ0v) is 14.4. The molecular formula is C18H19N3O3S. The van der Waals surface area contributed by atoms with E-state index < -0.39 is 16.1 Å². The Morgan fingerprint density at radius 1 is 1.20 bits per heavy atom. The molecule has 0 amide bonds. The third-order valence-electron chi connectivity index (χ3n) is 4.36. The Hall–Kier alpha value is -2.27. The van der Waals surface area contributed by atoms with Gasteiger partial charge in [0.2, 0.25) is 10.0 Å². The number of pyridine rings is 1. The Balaban J connectivity index is 1.95. The fourth-order valence-corrected chi connectivity index (χ4v) is 4.52. The number of nitrogens with one attached hydrogen (secondary N) is 1. The first-order chi connectivity index (χ1) is 12.1. The van der Waals surface area contributed by atoms with Gasteiger partial charge in [-0.25, -0.2) is 13.1 Å². The van der Waals surface area contributed by atoms with Gasteiger partial charge in [-0.15, -0.1) is 0 Å². The van der Waals surface area contributed by atoms with Crippen LogP contribution in [-0.2, 0) is 14.8 Å². The summed E-state index contributed by atoms with van der Waals surface area (Å²) in [6.45, 7) is 1.22. The molecule has 1 aromatic heterocycles. The van der Waals surface area contributed by atoms with E-state index in [9.17, 15) is 13.7 Å². The molecule has 0 aliphatic carbocycles. The lowest BCUT2D eigenvalue weighted by atomic mass is 9.88. The fraction of sp³-hybridized carbons (Fsp3) is 0.333. The summed E-state index contributed by atoms with van der Waals surface area (Å²) < 4.78 is 34.0. The highest BCUT2D eigenvalue weighted by Gasteiger charge is 2.31. The monoisotopic (exact) mass is 357 g/mol. The number of nitrogens with zero attached hydrogens (tertiary/aromatic N) is 2. The number of benzene rings is 1. The van der Waals surface area contributed by atoms with Gasteiger partial charge in [-0.1, -0.05) is 18.2 Å². The first-order valence-corrected chi connectivity index (χ1v) is 9.59. The van der Waals surface area contributed by atoms with Crippen molar-refractivity contribution < 1.29 is 13.2 Å². The molecule has 1 saturated heterocycles. The topological polar surface area (TPSA) is 92.1 Å². The largest absolute Gasteiger partial charge is 0.381 e. The number of nitriles is 1. The number of hydrogen-bond acceptors (Lipinski definition) is 5. The minimum atomic E-state index is -3.84. The van der Waals surface area contributed by atoms with Crippen LogP contribution in [0.25, 0.3) is 0 Å². The summed E-state index contributed by atoms with van der Waals surface area (Å²) in [5, 5.41) is 9.21. The van der Waals surface area contributed by atoms with Crippen LogP contribution in [0.4, 0.5) is 0 Å². The third-order valence-corrected chi connectivity index (χ3v) is 5.86. The summed E-state index contributed by atoms with van der Waals surface area (Å²) >= 11 is 0. The maximum atomic E-state index is 12.9. The van der Waals surface area contributed by atoms with E-state index in [1.165, 1.54) is 12.1 Å². The van der Waals surface area contributed by atoms with Gasteiger partial charge in [0.25, 0.3) is 0 Å². The average molecular weight is 357 g/mol. The van der Waals surface area contributed by atoms with Gasteiger partial charge in [0.05, 0.1) is 16.5 Å². The summed E-state index contributed by atoms with van der Waals surface area (Å²) in [5.41, 5.74) is 0.944. The molecule has 3 rings (SSSR count). The maximum Gasteiger partial charge on any atom is 0.242 e. The average Bonchev–Trinajstić information content (AvgIpc) is 2.67. The van der Waals surface area contributed by atoms with Crippen molar-refractivity contribution in [3.8, 4) is 6.07 Å². The van der Waals surface area contributed by atoms with Crippen LogP contribution in [-0.4, -0.2) is 26.6 Å². The van der Waals surface area contributed by atoms with E-state index in [2.05, 4.69) is 9.71 Å². The Kier molecular flexibility index (Phi) is 5.43. The Labute approximate surface area is 147 Å². The SMILES string of the molecule is N#Cc1ccccc1S(=O)(=O)NC(c1cccnc1)C1CCOCC1. The number of ether oxygens (including phenoxy) is 1. The first kappa shape index (κ1) is 17.5. The van der Waals surface area contributed by atoms with Gasteiger partial charge in [0.15, 0.2) is 0 Å². The van der Waals surface area contributed by atoms with Crippen LogP contribution in [0, 0.1) is 17.2 Å². The predicted molar refractivity (Wildman–Crippen MR) is 92.0 cm³/mol. The van der Waals surface area contributed by atoms with E-state index in [1.54, 1.807) is 30.6 Å². The summed E-state index contributed by atoms with van der Waals surface area (Å²) in [4.78, 5) is 4.12. The summed E-state index contributed by atoms with van der Waals surface area (Å²) in [5.74, 6) is 0.113. The molecule has 2 heterocycles. The van der Waals surface area contributed by atoms with Crippen molar-refractivity contribution in [3.05, 3.63) is 59.9 Å². The second-order valence-corrected chi connectivity index (χ2v) is 7.63. The minimum absolute atomic E-state index is 0.00144. The second-order valence-electron chi connectivity index (χ2n) is 5.94. The lowest BCUT2D eigenvalue weighted by Crippen LogP contribution is -2.36. The van der Waals surface area contributed by atoms with E-state index in [-0.39, 0.29) is 16.4 Å². The van der Waals surface area contributed by atoms with Crippen LogP contribution < -0.4 is 4.72 Å². The van der Waals surface area contributed by atoms with Gasteiger partial charge in [0.1, 0.15) is 6.07 Å². The molecule has 0 radical (unpaired) electrons. The fourth-order valence-electron chi connectivity index (χ4n) is 3.07. The lowest BCUT2D eigenvalue weighted by molar-refractivity contribution is 0.0564. The highest BCUT2D eigenvalue weighted by Crippen LogP contribution is 2.31. The molecule has 1 aliphatic heterocycles. The van der Waals surface area contributed by atoms with Gasteiger partial charge in [0, 0.05) is 25.6 Å². The molecule has 0 saturated carbocycles. The number of rotatable bonds is 5. The summed E-state index contributed by atoms with van der Waals surface area (Å²) in [6, 6.07) is 11.4. The van der Waals surface area contributed by atoms with Crippen molar-refractivity contribution >= 4 is 10.0 Å². The molecule has 1 fully saturated rings. The predicted octanol–water partition coefficient (Wildman–Crippen LogP) is 2.40. The molecule has 0 bridgehead atoms. The molecule has 7 heteroatoms. The van der Waals surface area contributed by atoms with Crippen molar-refractivity contribution in [1.29, 1.82) is 5.26 Å². The van der Waals surface area contributed by atoms with E-state index in [1.807, 2.05) is 12.1 Å². The molecule has 130 valence electrons. The van der Waals surface area contributed by atoms with Crippen molar-refractivity contribution in [2.75, 3.05) is 13.2 Å². The van der Waals surface area contributed by atoms with Crippen LogP contribution in [0.3, 0.4) is 0 Å². The third kappa shape index (κ3) is 4.04. The number of hydrogen-bond donors (Lipinski definition) is 1. The molecule has 1 aromatic carbocycles. The van der Waals surface area contributed by atoms with Crippen molar-refractivity contribution in [2.24, 2.45) is 5.92 Å². The Bertz CT molecular complexity index is 857. The molecule has 6 nitrogen and oxygen atoms in total. The van der Waals surface area contributed by atoms with E-state index in [4.69, 9.17) is 4.74 Å². The zero-order valence-electron chi connectivity index (χ0n) is 13.6. The Morgan fingerprint density at radius 3 is 2.64 bits per heavy atom. The molecule has 1 aliphatic rings. The minimum Gasteiger partial charge on any atom is -0.381 e. The van der Waals surface area contributed by atoms with Gasteiger partial charge in [-0.3, -0.25) is 4.98 Å². The molecular weight excluding hydrogens is 338 g/mol. The number of sulfonamides is 1. The van der Waals surface area contributed by atoms with Crippen LogP contribution in [0.1, 0.15) is 30.0 Å². The van der Waals surface area contributed by atoms with Crippen LogP contribution in [0.2, 0.25) is 0 Å². The van der Waals surface area contributed by atoms with Crippen LogP contribution in [0.15, 0.2) is 53.7 Å². The molecule has 0 spiro atoms. The smallest absolute Gasteiger partial charge is 0.242 e. The van der Waals surface area contributed by atoms with Gasteiger partial charge < -0.3 is 4.74 Å². The van der Waals surface area contributed by atoms with Gasteiger partial charge in [-0.2, -0.15) is 5.26 Å². The quantitative estimate of drug-likeness (QED) is 0.887. The van der Waals surface area contributed by atoms with Gasteiger partial charge >= 0.3 is 0 Å². The first-order valence-electron chi connectivity index (χ1n) is 8.11. The summed E-state index contributed by atoms with van der Waals surface area (Å²) in [6.07, 6.45) is 4.87. The van der Waals surface area contributed by atoms with E-state index in [0.29, 0.717) is 13.2 Å².